The molecule has 2 aromatic carbocycles. The van der Waals surface area contributed by atoms with E-state index in [0.717, 1.165) is 36.5 Å². The highest BCUT2D eigenvalue weighted by Gasteiger charge is 2.28. The van der Waals surface area contributed by atoms with Gasteiger partial charge in [0.25, 0.3) is 0 Å². The molecule has 160 valence electrons. The molecule has 1 aromatic heterocycles. The molecular formula is C26H30N4O. The number of hydrogen-bond acceptors (Lipinski definition) is 4. The standard InChI is InChI=1S/C26H30N4O/c1-18(21-10-5-7-19(13-21)14-25(27)31)16-30-26(20-8-3-2-4-9-20)22-15-24-23(29-17-22)11-6-12-28-24/h2-13,18,22,26,29-30H,14-17H2,1H3,(H2,27,31)/t18-,22-,26-/m1/s1. The number of nitrogens with zero attached hydrogens (tertiary/aromatic N) is 1. The van der Waals surface area contributed by atoms with Crippen LogP contribution in [0.5, 0.6) is 0 Å². The van der Waals surface area contributed by atoms with Crippen molar-refractivity contribution in [1.82, 2.24) is 10.3 Å². The van der Waals surface area contributed by atoms with E-state index < -0.39 is 0 Å². The van der Waals surface area contributed by atoms with Crippen LogP contribution in [0.4, 0.5) is 5.69 Å². The molecule has 1 aliphatic heterocycles. The minimum atomic E-state index is -0.300. The third kappa shape index (κ3) is 5.30. The Morgan fingerprint density at radius 1 is 1.13 bits per heavy atom. The first-order valence-electron chi connectivity index (χ1n) is 10.9. The maximum absolute atomic E-state index is 11.3. The second-order valence-electron chi connectivity index (χ2n) is 8.43. The molecule has 4 rings (SSSR count). The molecule has 1 aliphatic rings. The quantitative estimate of drug-likeness (QED) is 0.523. The van der Waals surface area contributed by atoms with Crippen molar-refractivity contribution in [2.24, 2.45) is 11.7 Å². The summed E-state index contributed by atoms with van der Waals surface area (Å²) in [5.41, 5.74) is 11.1. The topological polar surface area (TPSA) is 80.0 Å². The summed E-state index contributed by atoms with van der Waals surface area (Å²) in [7, 11) is 0. The average Bonchev–Trinajstić information content (AvgIpc) is 2.79. The molecule has 0 radical (unpaired) electrons. The number of amides is 1. The Morgan fingerprint density at radius 3 is 2.74 bits per heavy atom. The molecule has 0 saturated heterocycles. The number of hydrogen-bond donors (Lipinski definition) is 3. The number of pyridine rings is 1. The van der Waals surface area contributed by atoms with Gasteiger partial charge in [0.15, 0.2) is 0 Å². The summed E-state index contributed by atoms with van der Waals surface area (Å²) >= 11 is 0. The molecule has 31 heavy (non-hydrogen) atoms. The molecule has 0 bridgehead atoms. The molecule has 0 fully saturated rings. The van der Waals surface area contributed by atoms with E-state index in [1.165, 1.54) is 11.1 Å². The Kier molecular flexibility index (Phi) is 6.63. The Hall–Kier alpha value is -3.18. The fourth-order valence-corrected chi connectivity index (χ4v) is 4.41. The minimum absolute atomic E-state index is 0.222. The predicted octanol–water partition coefficient (Wildman–Crippen LogP) is 3.83. The average molecular weight is 415 g/mol. The number of rotatable bonds is 8. The van der Waals surface area contributed by atoms with Crippen molar-refractivity contribution in [2.45, 2.75) is 31.7 Å². The highest BCUT2D eigenvalue weighted by atomic mass is 16.1. The molecule has 3 atom stereocenters. The summed E-state index contributed by atoms with van der Waals surface area (Å²) in [5.74, 6) is 0.407. The number of nitrogens with one attached hydrogen (secondary N) is 2. The second kappa shape index (κ2) is 9.75. The van der Waals surface area contributed by atoms with Crippen LogP contribution in [0.15, 0.2) is 72.9 Å². The lowest BCUT2D eigenvalue weighted by Gasteiger charge is -2.33. The molecule has 5 heteroatoms. The molecule has 0 unspecified atom stereocenters. The van der Waals surface area contributed by atoms with Crippen molar-refractivity contribution in [1.29, 1.82) is 0 Å². The molecule has 4 N–H and O–H groups in total. The zero-order chi connectivity index (χ0) is 21.6. The van der Waals surface area contributed by atoms with Gasteiger partial charge in [-0.25, -0.2) is 0 Å². The van der Waals surface area contributed by atoms with Crippen LogP contribution in [0.1, 0.15) is 41.3 Å². The van der Waals surface area contributed by atoms with Gasteiger partial charge in [-0.05, 0) is 41.2 Å². The summed E-state index contributed by atoms with van der Waals surface area (Å²) in [5, 5.41) is 7.40. The third-order valence-electron chi connectivity index (χ3n) is 6.07. The minimum Gasteiger partial charge on any atom is -0.383 e. The number of fused-ring (bicyclic) bond motifs is 1. The number of nitrogens with two attached hydrogens (primary N) is 1. The van der Waals surface area contributed by atoms with Crippen LogP contribution in [0.25, 0.3) is 0 Å². The van der Waals surface area contributed by atoms with Crippen LogP contribution in [0.3, 0.4) is 0 Å². The van der Waals surface area contributed by atoms with Gasteiger partial charge in [-0.15, -0.1) is 0 Å². The Balaban J connectivity index is 1.49. The molecular weight excluding hydrogens is 384 g/mol. The van der Waals surface area contributed by atoms with E-state index in [0.29, 0.717) is 11.8 Å². The third-order valence-corrected chi connectivity index (χ3v) is 6.07. The molecule has 3 aromatic rings. The highest BCUT2D eigenvalue weighted by Crippen LogP contribution is 2.31. The fraction of sp³-hybridized carbons (Fsp3) is 0.308. The van der Waals surface area contributed by atoms with Gasteiger partial charge in [-0.3, -0.25) is 9.78 Å². The number of carbonyl (C=O) groups excluding carboxylic acids is 1. The van der Waals surface area contributed by atoms with Crippen molar-refractivity contribution < 1.29 is 4.79 Å². The molecule has 5 nitrogen and oxygen atoms in total. The summed E-state index contributed by atoms with van der Waals surface area (Å²) in [6.07, 6.45) is 3.09. The highest BCUT2D eigenvalue weighted by molar-refractivity contribution is 5.76. The lowest BCUT2D eigenvalue weighted by atomic mass is 9.86. The summed E-state index contributed by atoms with van der Waals surface area (Å²) in [4.78, 5) is 15.9. The van der Waals surface area contributed by atoms with E-state index in [-0.39, 0.29) is 18.4 Å². The van der Waals surface area contributed by atoms with Crippen molar-refractivity contribution in [2.75, 3.05) is 18.4 Å². The van der Waals surface area contributed by atoms with Crippen LogP contribution in [-0.2, 0) is 17.6 Å². The SMILES string of the molecule is C[C@H](CN[C@H](c1ccccc1)[C@H]1CNc2cccnc2C1)c1cccc(CC(N)=O)c1. The maximum atomic E-state index is 11.3. The molecule has 1 amide bonds. The van der Waals surface area contributed by atoms with Gasteiger partial charge in [0.1, 0.15) is 0 Å². The first-order valence-corrected chi connectivity index (χ1v) is 10.9. The van der Waals surface area contributed by atoms with Gasteiger partial charge in [0.2, 0.25) is 5.91 Å². The van der Waals surface area contributed by atoms with E-state index in [9.17, 15) is 4.79 Å². The van der Waals surface area contributed by atoms with Crippen LogP contribution >= 0.6 is 0 Å². The van der Waals surface area contributed by atoms with E-state index in [2.05, 4.69) is 71.1 Å². The number of benzene rings is 2. The number of anilines is 1. The lowest BCUT2D eigenvalue weighted by molar-refractivity contribution is -0.117. The zero-order valence-electron chi connectivity index (χ0n) is 17.9. The number of primary amides is 1. The lowest BCUT2D eigenvalue weighted by Crippen LogP contribution is -2.37. The first kappa shape index (κ1) is 21.1. The smallest absolute Gasteiger partial charge is 0.221 e. The fourth-order valence-electron chi connectivity index (χ4n) is 4.41. The van der Waals surface area contributed by atoms with Gasteiger partial charge in [-0.2, -0.15) is 0 Å². The second-order valence-corrected chi connectivity index (χ2v) is 8.43. The van der Waals surface area contributed by atoms with E-state index in [1.54, 1.807) is 0 Å². The van der Waals surface area contributed by atoms with E-state index in [4.69, 9.17) is 5.73 Å². The molecule has 0 saturated carbocycles. The normalized spacial score (nSPS) is 17.3. The Labute approximate surface area is 184 Å². The van der Waals surface area contributed by atoms with Gasteiger partial charge in [0.05, 0.1) is 17.8 Å². The van der Waals surface area contributed by atoms with Crippen molar-refractivity contribution in [3.8, 4) is 0 Å². The van der Waals surface area contributed by atoms with Crippen LogP contribution in [0.2, 0.25) is 0 Å². The van der Waals surface area contributed by atoms with Gasteiger partial charge < -0.3 is 16.4 Å². The van der Waals surface area contributed by atoms with Crippen molar-refractivity contribution in [3.63, 3.8) is 0 Å². The molecule has 0 spiro atoms. The van der Waals surface area contributed by atoms with E-state index in [1.807, 2.05) is 24.4 Å². The Morgan fingerprint density at radius 2 is 1.94 bits per heavy atom. The predicted molar refractivity (Wildman–Crippen MR) is 125 cm³/mol. The monoisotopic (exact) mass is 414 g/mol. The van der Waals surface area contributed by atoms with Gasteiger partial charge in [0, 0.05) is 31.2 Å². The van der Waals surface area contributed by atoms with Gasteiger partial charge >= 0.3 is 0 Å². The van der Waals surface area contributed by atoms with Crippen LogP contribution in [0, 0.1) is 5.92 Å². The largest absolute Gasteiger partial charge is 0.383 e. The summed E-state index contributed by atoms with van der Waals surface area (Å²) < 4.78 is 0. The number of carbonyl (C=O) groups is 1. The molecule has 0 aliphatic carbocycles. The number of aromatic nitrogens is 1. The van der Waals surface area contributed by atoms with Crippen molar-refractivity contribution >= 4 is 11.6 Å². The van der Waals surface area contributed by atoms with Crippen molar-refractivity contribution in [3.05, 3.63) is 95.3 Å². The van der Waals surface area contributed by atoms with Crippen LogP contribution < -0.4 is 16.4 Å². The first-order chi connectivity index (χ1) is 15.1. The van der Waals surface area contributed by atoms with Gasteiger partial charge in [-0.1, -0.05) is 61.5 Å². The summed E-state index contributed by atoms with van der Waals surface area (Å²) in [6.45, 7) is 3.97. The Bertz CT molecular complexity index is 1020. The summed E-state index contributed by atoms with van der Waals surface area (Å²) in [6, 6.07) is 23.1. The molecule has 2 heterocycles. The van der Waals surface area contributed by atoms with E-state index >= 15 is 0 Å². The van der Waals surface area contributed by atoms with Crippen LogP contribution in [-0.4, -0.2) is 24.0 Å². The maximum Gasteiger partial charge on any atom is 0.221 e. The zero-order valence-corrected chi connectivity index (χ0v) is 17.9.